The van der Waals surface area contributed by atoms with Crippen molar-refractivity contribution in [2.75, 3.05) is 0 Å². The van der Waals surface area contributed by atoms with E-state index in [-0.39, 0.29) is 18.8 Å². The molecule has 0 aliphatic rings. The molecule has 0 aliphatic heterocycles. The summed E-state index contributed by atoms with van der Waals surface area (Å²) in [5, 5.41) is 19.4. The predicted molar refractivity (Wildman–Crippen MR) is 59.9 cm³/mol. The predicted octanol–water partition coefficient (Wildman–Crippen LogP) is 0.389. The van der Waals surface area contributed by atoms with E-state index < -0.39 is 17.7 Å². The van der Waals surface area contributed by atoms with E-state index in [1.165, 1.54) is 0 Å². The molecule has 0 aromatic heterocycles. The number of carboxylic acid groups (broad SMARTS) is 1. The summed E-state index contributed by atoms with van der Waals surface area (Å²) in [5.41, 5.74) is -0.695. The molecule has 0 bridgehead atoms. The highest BCUT2D eigenvalue weighted by atomic mass is 16.6. The quantitative estimate of drug-likeness (QED) is 0.493. The first-order valence-corrected chi connectivity index (χ1v) is 5.83. The number of hydrogen-bond acceptors (Lipinski definition) is 5. The van der Waals surface area contributed by atoms with Crippen LogP contribution in [0.4, 0.5) is 0 Å². The molecule has 5 nitrogen and oxygen atoms in total. The molecule has 100 valence electrons. The number of esters is 1. The summed E-state index contributed by atoms with van der Waals surface area (Å²) in [6, 6.07) is 0. The molecule has 0 heterocycles. The van der Waals surface area contributed by atoms with Crippen LogP contribution in [0.5, 0.6) is 0 Å². The molecular formula is C12H21O5-. The van der Waals surface area contributed by atoms with Crippen molar-refractivity contribution in [2.24, 2.45) is 0 Å². The molecule has 0 amide bonds. The Labute approximate surface area is 102 Å². The summed E-state index contributed by atoms with van der Waals surface area (Å²) in [4.78, 5) is 21.6. The van der Waals surface area contributed by atoms with Crippen LogP contribution in [0.3, 0.4) is 0 Å². The second kappa shape index (κ2) is 7.27. The van der Waals surface area contributed by atoms with Gasteiger partial charge in [0.15, 0.2) is 0 Å². The van der Waals surface area contributed by atoms with E-state index in [0.717, 1.165) is 0 Å². The third-order valence-electron chi connectivity index (χ3n) is 2.19. The molecule has 0 saturated heterocycles. The van der Waals surface area contributed by atoms with Crippen molar-refractivity contribution in [1.82, 2.24) is 0 Å². The van der Waals surface area contributed by atoms with E-state index in [0.29, 0.717) is 19.3 Å². The Hall–Kier alpha value is -1.10. The Kier molecular flexibility index (Phi) is 6.80. The molecule has 1 N–H and O–H groups in total. The number of rotatable bonds is 8. The highest BCUT2D eigenvalue weighted by Gasteiger charge is 2.24. The Morgan fingerprint density at radius 1 is 1.29 bits per heavy atom. The maximum Gasteiger partial charge on any atom is 0.306 e. The third-order valence-corrected chi connectivity index (χ3v) is 2.19. The lowest BCUT2D eigenvalue weighted by atomic mass is 10.0. The zero-order chi connectivity index (χ0) is 13.5. The van der Waals surface area contributed by atoms with Crippen molar-refractivity contribution >= 4 is 11.9 Å². The number of aliphatic hydroxyl groups is 1. The van der Waals surface area contributed by atoms with Gasteiger partial charge in [0.05, 0.1) is 6.10 Å². The van der Waals surface area contributed by atoms with Gasteiger partial charge in [0, 0.05) is 18.8 Å². The van der Waals surface area contributed by atoms with Crippen LogP contribution in [0, 0.1) is 0 Å². The molecule has 1 unspecified atom stereocenters. The molecule has 17 heavy (non-hydrogen) atoms. The lowest BCUT2D eigenvalue weighted by Crippen LogP contribution is -2.31. The molecule has 0 aromatic rings. The van der Waals surface area contributed by atoms with Gasteiger partial charge < -0.3 is 19.7 Å². The highest BCUT2D eigenvalue weighted by Crippen LogP contribution is 2.18. The summed E-state index contributed by atoms with van der Waals surface area (Å²) in [6.45, 7) is 5.10. The van der Waals surface area contributed by atoms with Gasteiger partial charge in [-0.2, -0.15) is 0 Å². The number of aliphatic carboxylic acids is 1. The fourth-order valence-corrected chi connectivity index (χ4v) is 1.65. The molecule has 0 spiro atoms. The summed E-state index contributed by atoms with van der Waals surface area (Å²) in [7, 11) is 0. The monoisotopic (exact) mass is 245 g/mol. The van der Waals surface area contributed by atoms with Gasteiger partial charge in [-0.15, -0.1) is 0 Å². The van der Waals surface area contributed by atoms with Gasteiger partial charge in [0.2, 0.25) is 0 Å². The van der Waals surface area contributed by atoms with Gasteiger partial charge in [-0.25, -0.2) is 0 Å². The zero-order valence-corrected chi connectivity index (χ0v) is 10.7. The lowest BCUT2D eigenvalue weighted by molar-refractivity contribution is -0.305. The van der Waals surface area contributed by atoms with Crippen LogP contribution in [-0.2, 0) is 14.3 Å². The molecule has 0 rings (SSSR count). The molecule has 0 saturated carbocycles. The van der Waals surface area contributed by atoms with Gasteiger partial charge in [-0.05, 0) is 40.0 Å². The van der Waals surface area contributed by atoms with Crippen molar-refractivity contribution in [3.8, 4) is 0 Å². The Morgan fingerprint density at radius 3 is 2.29 bits per heavy atom. The molecule has 1 atom stereocenters. The molecular weight excluding hydrogens is 224 g/mol. The second-order valence-corrected chi connectivity index (χ2v) is 4.87. The van der Waals surface area contributed by atoms with Crippen molar-refractivity contribution in [2.45, 2.75) is 64.6 Å². The van der Waals surface area contributed by atoms with Crippen LogP contribution >= 0.6 is 0 Å². The Morgan fingerprint density at radius 2 is 1.82 bits per heavy atom. The highest BCUT2D eigenvalue weighted by molar-refractivity contribution is 5.70. The number of aliphatic hydroxyl groups excluding tert-OH is 1. The van der Waals surface area contributed by atoms with E-state index in [1.807, 2.05) is 0 Å². The number of carbonyl (C=O) groups is 2. The summed E-state index contributed by atoms with van der Waals surface area (Å²) in [5.74, 6) is -1.47. The van der Waals surface area contributed by atoms with Gasteiger partial charge in [0.25, 0.3) is 0 Å². The first kappa shape index (κ1) is 15.9. The molecule has 0 aliphatic carbocycles. The first-order valence-electron chi connectivity index (χ1n) is 5.83. The van der Waals surface area contributed by atoms with Gasteiger partial charge >= 0.3 is 5.97 Å². The fraction of sp³-hybridized carbons (Fsp3) is 0.833. The van der Waals surface area contributed by atoms with Gasteiger partial charge in [-0.3, -0.25) is 4.79 Å². The topological polar surface area (TPSA) is 86.7 Å². The minimum Gasteiger partial charge on any atom is -0.550 e. The van der Waals surface area contributed by atoms with E-state index in [1.54, 1.807) is 20.8 Å². The normalized spacial score (nSPS) is 13.2. The Balaban J connectivity index is 3.81. The van der Waals surface area contributed by atoms with Crippen LogP contribution < -0.4 is 5.11 Å². The SMILES string of the molecule is CC(O)CC(C)(C)OC(=O)CCCCC(=O)[O-]. The summed E-state index contributed by atoms with van der Waals surface area (Å²) >= 11 is 0. The average Bonchev–Trinajstić information content (AvgIpc) is 2.08. The summed E-state index contributed by atoms with van der Waals surface area (Å²) < 4.78 is 5.19. The maximum absolute atomic E-state index is 11.4. The van der Waals surface area contributed by atoms with Crippen LogP contribution in [0.25, 0.3) is 0 Å². The number of carbonyl (C=O) groups excluding carboxylic acids is 2. The molecule has 0 fully saturated rings. The molecule has 5 heteroatoms. The number of hydrogen-bond donors (Lipinski definition) is 1. The van der Waals surface area contributed by atoms with Crippen molar-refractivity contribution in [3.63, 3.8) is 0 Å². The van der Waals surface area contributed by atoms with E-state index >= 15 is 0 Å². The minimum atomic E-state index is -1.10. The molecule has 0 radical (unpaired) electrons. The number of carboxylic acids is 1. The summed E-state index contributed by atoms with van der Waals surface area (Å²) in [6.07, 6.45) is 0.876. The van der Waals surface area contributed by atoms with Gasteiger partial charge in [0.1, 0.15) is 5.60 Å². The van der Waals surface area contributed by atoms with Crippen LogP contribution in [0.15, 0.2) is 0 Å². The van der Waals surface area contributed by atoms with Crippen molar-refractivity contribution < 1.29 is 24.5 Å². The standard InChI is InChI=1S/C12H22O5/c1-9(13)8-12(2,3)17-11(16)7-5-4-6-10(14)15/h9,13H,4-8H2,1-3H3,(H,14,15)/p-1. The van der Waals surface area contributed by atoms with Crippen LogP contribution in [-0.4, -0.2) is 28.8 Å². The first-order chi connectivity index (χ1) is 7.73. The van der Waals surface area contributed by atoms with Crippen molar-refractivity contribution in [1.29, 1.82) is 0 Å². The second-order valence-electron chi connectivity index (χ2n) is 4.87. The third kappa shape index (κ3) is 9.81. The number of ether oxygens (including phenoxy) is 1. The largest absolute Gasteiger partial charge is 0.550 e. The van der Waals surface area contributed by atoms with Crippen LogP contribution in [0.2, 0.25) is 0 Å². The fourth-order valence-electron chi connectivity index (χ4n) is 1.65. The minimum absolute atomic E-state index is 0.0374. The lowest BCUT2D eigenvalue weighted by Gasteiger charge is -2.26. The maximum atomic E-state index is 11.4. The van der Waals surface area contributed by atoms with Gasteiger partial charge in [-0.1, -0.05) is 0 Å². The zero-order valence-electron chi connectivity index (χ0n) is 10.7. The van der Waals surface area contributed by atoms with Crippen LogP contribution in [0.1, 0.15) is 52.9 Å². The van der Waals surface area contributed by atoms with E-state index in [4.69, 9.17) is 4.74 Å². The van der Waals surface area contributed by atoms with E-state index in [2.05, 4.69) is 0 Å². The Bertz CT molecular complexity index is 258. The number of unbranched alkanes of at least 4 members (excludes halogenated alkanes) is 1. The molecule has 0 aromatic carbocycles. The van der Waals surface area contributed by atoms with Crippen molar-refractivity contribution in [3.05, 3.63) is 0 Å². The average molecular weight is 245 g/mol. The smallest absolute Gasteiger partial charge is 0.306 e. The van der Waals surface area contributed by atoms with E-state index in [9.17, 15) is 19.8 Å².